The Morgan fingerprint density at radius 3 is 2.00 bits per heavy atom. The molecule has 0 aromatic rings. The molecule has 0 spiro atoms. The number of alkyl halides is 3. The zero-order valence-electron chi connectivity index (χ0n) is 8.06. The molecule has 6 heteroatoms. The van der Waals surface area contributed by atoms with Gasteiger partial charge in [-0.05, 0) is 19.9 Å². The highest BCUT2D eigenvalue weighted by atomic mass is 19.4. The van der Waals surface area contributed by atoms with Gasteiger partial charge in [0.1, 0.15) is 0 Å². The van der Waals surface area contributed by atoms with Crippen LogP contribution in [0.4, 0.5) is 13.2 Å². The molecule has 0 radical (unpaired) electrons. The summed E-state index contributed by atoms with van der Waals surface area (Å²) < 4.78 is 35.1. The van der Waals surface area contributed by atoms with Crippen LogP contribution in [-0.2, 0) is 0 Å². The molecule has 86 valence electrons. The fourth-order valence-electron chi connectivity index (χ4n) is 0.841. The van der Waals surface area contributed by atoms with Gasteiger partial charge < -0.3 is 15.5 Å². The van der Waals surface area contributed by atoms with Gasteiger partial charge in [0.15, 0.2) is 0 Å². The second-order valence-corrected chi connectivity index (χ2v) is 3.52. The normalized spacial score (nSPS) is 13.3. The van der Waals surface area contributed by atoms with Crippen molar-refractivity contribution in [2.45, 2.75) is 31.5 Å². The van der Waals surface area contributed by atoms with Crippen LogP contribution < -0.4 is 5.32 Å². The summed E-state index contributed by atoms with van der Waals surface area (Å²) in [6.45, 7) is 1.04. The predicted molar refractivity (Wildman–Crippen MR) is 45.9 cm³/mol. The molecule has 0 heterocycles. The molecule has 0 saturated heterocycles. The van der Waals surface area contributed by atoms with Gasteiger partial charge >= 0.3 is 6.18 Å². The number of aliphatic hydroxyl groups is 2. The van der Waals surface area contributed by atoms with E-state index in [1.54, 1.807) is 6.92 Å². The highest BCUT2D eigenvalue weighted by molar-refractivity contribution is 4.80. The van der Waals surface area contributed by atoms with Gasteiger partial charge in [-0.1, -0.05) is 0 Å². The first-order valence-electron chi connectivity index (χ1n) is 4.36. The third-order valence-corrected chi connectivity index (χ3v) is 1.89. The Bertz CT molecular complexity index is 157. The van der Waals surface area contributed by atoms with Crippen LogP contribution in [-0.4, -0.2) is 41.7 Å². The van der Waals surface area contributed by atoms with Gasteiger partial charge in [-0.3, -0.25) is 0 Å². The predicted octanol–water partition coefficient (Wildman–Crippen LogP) is 0.662. The standard InChI is InChI=1S/C8H16F3NO2/c1-7(5-13,6-14)12-4-2-3-8(9,10)11/h12-14H,2-6H2,1H3. The van der Waals surface area contributed by atoms with Gasteiger partial charge in [0.2, 0.25) is 0 Å². The number of nitrogens with one attached hydrogen (secondary N) is 1. The summed E-state index contributed by atoms with van der Waals surface area (Å²) in [5.41, 5.74) is -0.897. The Kier molecular flexibility index (Phi) is 5.40. The van der Waals surface area contributed by atoms with E-state index < -0.39 is 18.1 Å². The van der Waals surface area contributed by atoms with Crippen LogP contribution in [0.1, 0.15) is 19.8 Å². The van der Waals surface area contributed by atoms with Crippen LogP contribution in [0.5, 0.6) is 0 Å². The third-order valence-electron chi connectivity index (χ3n) is 1.89. The van der Waals surface area contributed by atoms with Crippen molar-refractivity contribution in [1.82, 2.24) is 5.32 Å². The average molecular weight is 215 g/mol. The summed E-state index contributed by atoms with van der Waals surface area (Å²) in [7, 11) is 0. The van der Waals surface area contributed by atoms with Crippen molar-refractivity contribution in [3.8, 4) is 0 Å². The average Bonchev–Trinajstić information content (AvgIpc) is 2.11. The SMILES string of the molecule is CC(CO)(CO)NCCCC(F)(F)F. The lowest BCUT2D eigenvalue weighted by Gasteiger charge is -2.26. The van der Waals surface area contributed by atoms with Gasteiger partial charge in [0, 0.05) is 6.42 Å². The number of aliphatic hydroxyl groups excluding tert-OH is 2. The number of hydrogen-bond acceptors (Lipinski definition) is 3. The van der Waals surface area contributed by atoms with Crippen LogP contribution in [0.2, 0.25) is 0 Å². The van der Waals surface area contributed by atoms with E-state index in [4.69, 9.17) is 10.2 Å². The van der Waals surface area contributed by atoms with Gasteiger partial charge in [-0.2, -0.15) is 13.2 Å². The molecule has 0 amide bonds. The first-order chi connectivity index (χ1) is 6.33. The Morgan fingerprint density at radius 2 is 1.64 bits per heavy atom. The topological polar surface area (TPSA) is 52.5 Å². The van der Waals surface area contributed by atoms with E-state index in [1.807, 2.05) is 0 Å². The van der Waals surface area contributed by atoms with E-state index in [1.165, 1.54) is 0 Å². The fourth-order valence-corrected chi connectivity index (χ4v) is 0.841. The first kappa shape index (κ1) is 13.7. The summed E-state index contributed by atoms with van der Waals surface area (Å²) in [6.07, 6.45) is -5.05. The molecule has 0 aromatic carbocycles. The molecule has 0 atom stereocenters. The molecular formula is C8H16F3NO2. The van der Waals surface area contributed by atoms with Crippen molar-refractivity contribution in [3.05, 3.63) is 0 Å². The molecule has 0 aliphatic carbocycles. The highest BCUT2D eigenvalue weighted by Crippen LogP contribution is 2.20. The summed E-state index contributed by atoms with van der Waals surface area (Å²) in [5, 5.41) is 20.3. The lowest BCUT2D eigenvalue weighted by atomic mass is 10.1. The highest BCUT2D eigenvalue weighted by Gasteiger charge is 2.27. The van der Waals surface area contributed by atoms with Gasteiger partial charge in [0.05, 0.1) is 18.8 Å². The lowest BCUT2D eigenvalue weighted by molar-refractivity contribution is -0.135. The summed E-state index contributed by atoms with van der Waals surface area (Å²) in [5.74, 6) is 0. The maximum absolute atomic E-state index is 11.7. The van der Waals surface area contributed by atoms with Crippen LogP contribution in [0.15, 0.2) is 0 Å². The maximum atomic E-state index is 11.7. The van der Waals surface area contributed by atoms with E-state index in [9.17, 15) is 13.2 Å². The molecule has 14 heavy (non-hydrogen) atoms. The van der Waals surface area contributed by atoms with Crippen molar-refractivity contribution in [3.63, 3.8) is 0 Å². The molecule has 3 N–H and O–H groups in total. The summed E-state index contributed by atoms with van der Waals surface area (Å²) in [4.78, 5) is 0. The van der Waals surface area contributed by atoms with Crippen molar-refractivity contribution >= 4 is 0 Å². The van der Waals surface area contributed by atoms with Crippen molar-refractivity contribution in [1.29, 1.82) is 0 Å². The number of hydrogen-bond donors (Lipinski definition) is 3. The minimum Gasteiger partial charge on any atom is -0.394 e. The maximum Gasteiger partial charge on any atom is 0.389 e. The second kappa shape index (κ2) is 5.53. The summed E-state index contributed by atoms with van der Waals surface area (Å²) in [6, 6.07) is 0. The third kappa shape index (κ3) is 6.17. The second-order valence-electron chi connectivity index (χ2n) is 3.52. The smallest absolute Gasteiger partial charge is 0.389 e. The number of halogens is 3. The molecule has 0 aliphatic heterocycles. The van der Waals surface area contributed by atoms with Gasteiger partial charge in [-0.25, -0.2) is 0 Å². The minimum atomic E-state index is -4.14. The minimum absolute atomic E-state index is 0.0565. The molecule has 0 saturated carbocycles. The van der Waals surface area contributed by atoms with Crippen LogP contribution in [0.3, 0.4) is 0 Å². The molecule has 0 fully saturated rings. The van der Waals surface area contributed by atoms with Gasteiger partial charge in [0.25, 0.3) is 0 Å². The molecular weight excluding hydrogens is 199 g/mol. The molecule has 0 aromatic heterocycles. The van der Waals surface area contributed by atoms with Gasteiger partial charge in [-0.15, -0.1) is 0 Å². The van der Waals surface area contributed by atoms with Crippen molar-refractivity contribution in [2.75, 3.05) is 19.8 Å². The Morgan fingerprint density at radius 1 is 1.14 bits per heavy atom. The van der Waals surface area contributed by atoms with Crippen LogP contribution in [0.25, 0.3) is 0 Å². The van der Waals surface area contributed by atoms with E-state index in [0.717, 1.165) is 0 Å². The van der Waals surface area contributed by atoms with E-state index in [2.05, 4.69) is 5.32 Å². The molecule has 0 bridgehead atoms. The Hall–Kier alpha value is -0.330. The largest absolute Gasteiger partial charge is 0.394 e. The summed E-state index contributed by atoms with van der Waals surface area (Å²) >= 11 is 0. The van der Waals surface area contributed by atoms with Crippen molar-refractivity contribution < 1.29 is 23.4 Å². The quantitative estimate of drug-likeness (QED) is 0.570. The molecule has 0 unspecified atom stereocenters. The Balaban J connectivity index is 3.63. The zero-order chi connectivity index (χ0) is 11.2. The van der Waals surface area contributed by atoms with Crippen LogP contribution >= 0.6 is 0 Å². The molecule has 3 nitrogen and oxygen atoms in total. The number of rotatable bonds is 6. The fraction of sp³-hybridized carbons (Fsp3) is 1.00. The van der Waals surface area contributed by atoms with E-state index >= 15 is 0 Å². The lowest BCUT2D eigenvalue weighted by Crippen LogP contribution is -2.49. The zero-order valence-corrected chi connectivity index (χ0v) is 8.06. The Labute approximate surface area is 80.9 Å². The molecule has 0 rings (SSSR count). The first-order valence-corrected chi connectivity index (χ1v) is 4.36. The van der Waals surface area contributed by atoms with E-state index in [0.29, 0.717) is 0 Å². The monoisotopic (exact) mass is 215 g/mol. The van der Waals surface area contributed by atoms with Crippen LogP contribution in [0, 0.1) is 0 Å². The van der Waals surface area contributed by atoms with Crippen molar-refractivity contribution in [2.24, 2.45) is 0 Å². The molecule has 0 aliphatic rings. The van der Waals surface area contributed by atoms with E-state index in [-0.39, 0.29) is 26.2 Å².